The van der Waals surface area contributed by atoms with Gasteiger partial charge in [0, 0.05) is 24.8 Å². The zero-order valence-electron chi connectivity index (χ0n) is 22.8. The first-order chi connectivity index (χ1) is 18.2. The van der Waals surface area contributed by atoms with Crippen molar-refractivity contribution in [1.29, 1.82) is 0 Å². The Bertz CT molecular complexity index is 1270. The molecule has 0 amide bonds. The topological polar surface area (TPSA) is 92.1 Å². The van der Waals surface area contributed by atoms with Crippen molar-refractivity contribution in [2.45, 2.75) is 65.3 Å². The van der Waals surface area contributed by atoms with E-state index in [1.165, 1.54) is 12.5 Å². The molecule has 202 valence electrons. The van der Waals surface area contributed by atoms with E-state index in [2.05, 4.69) is 48.9 Å². The zero-order chi connectivity index (χ0) is 27.4. The van der Waals surface area contributed by atoms with Gasteiger partial charge in [0.25, 0.3) is 0 Å². The van der Waals surface area contributed by atoms with Gasteiger partial charge in [0.05, 0.1) is 19.1 Å². The number of aliphatic hydroxyl groups is 1. The summed E-state index contributed by atoms with van der Waals surface area (Å²) >= 11 is 0. The summed E-state index contributed by atoms with van der Waals surface area (Å²) in [5.41, 5.74) is 6.10. The molecule has 3 aromatic rings. The standard InChI is InChI=1S/C31H38N2O5/c1-6-33(19(2)3)18-25-15-22(23-13-14-32-29(17-23)37-5)9-11-26(25)27-12-10-21-7-8-24(16-28(21)38-27)30(34)20(4)31(35)36/h7-9,11,13-17,19-20,27,30,34H,6,10,12,18H2,1-5H3,(H,35,36)/t20-,27?,30+/m0/s1. The molecule has 2 aromatic carbocycles. The van der Waals surface area contributed by atoms with E-state index in [0.29, 0.717) is 23.2 Å². The van der Waals surface area contributed by atoms with E-state index < -0.39 is 18.0 Å². The maximum absolute atomic E-state index is 11.4. The molecule has 0 saturated heterocycles. The van der Waals surface area contributed by atoms with E-state index in [0.717, 1.165) is 48.2 Å². The molecule has 0 bridgehead atoms. The second-order valence-electron chi connectivity index (χ2n) is 10.2. The monoisotopic (exact) mass is 518 g/mol. The number of pyridine rings is 1. The second-order valence-corrected chi connectivity index (χ2v) is 10.2. The molecular weight excluding hydrogens is 480 g/mol. The SMILES string of the molecule is CCN(Cc1cc(-c2ccnc(OC)c2)ccc1C1CCc2ccc([C@H](O)[C@H](C)C(=O)O)cc2O1)C(C)C. The Morgan fingerprint density at radius 2 is 1.89 bits per heavy atom. The largest absolute Gasteiger partial charge is 0.485 e. The first-order valence-electron chi connectivity index (χ1n) is 13.3. The number of aryl methyl sites for hydroxylation is 1. The normalized spacial score (nSPS) is 16.6. The zero-order valence-corrected chi connectivity index (χ0v) is 22.8. The van der Waals surface area contributed by atoms with E-state index in [4.69, 9.17) is 9.47 Å². The molecule has 7 nitrogen and oxygen atoms in total. The summed E-state index contributed by atoms with van der Waals surface area (Å²) in [6, 6.07) is 16.4. The molecule has 1 aliphatic heterocycles. The average Bonchev–Trinajstić information content (AvgIpc) is 2.94. The van der Waals surface area contributed by atoms with Crippen LogP contribution in [0.25, 0.3) is 11.1 Å². The molecule has 3 atom stereocenters. The van der Waals surface area contributed by atoms with Crippen LogP contribution >= 0.6 is 0 Å². The highest BCUT2D eigenvalue weighted by Crippen LogP contribution is 2.39. The lowest BCUT2D eigenvalue weighted by Gasteiger charge is -2.31. The molecule has 7 heteroatoms. The fourth-order valence-electron chi connectivity index (χ4n) is 5.03. The Morgan fingerprint density at radius 1 is 1.13 bits per heavy atom. The number of carboxylic acids is 1. The van der Waals surface area contributed by atoms with Gasteiger partial charge in [-0.15, -0.1) is 0 Å². The number of benzene rings is 2. The van der Waals surface area contributed by atoms with Crippen LogP contribution in [0.3, 0.4) is 0 Å². The number of carbonyl (C=O) groups is 1. The molecule has 0 aliphatic carbocycles. The van der Waals surface area contributed by atoms with Crippen molar-refractivity contribution in [2.24, 2.45) is 5.92 Å². The minimum Gasteiger partial charge on any atom is -0.485 e. The van der Waals surface area contributed by atoms with Gasteiger partial charge in [-0.3, -0.25) is 9.69 Å². The van der Waals surface area contributed by atoms with Gasteiger partial charge < -0.3 is 19.7 Å². The summed E-state index contributed by atoms with van der Waals surface area (Å²) in [6.45, 7) is 9.83. The van der Waals surface area contributed by atoms with E-state index in [1.807, 2.05) is 18.2 Å². The number of ether oxygens (including phenoxy) is 2. The van der Waals surface area contributed by atoms with Gasteiger partial charge in [0.1, 0.15) is 11.9 Å². The van der Waals surface area contributed by atoms with E-state index in [9.17, 15) is 15.0 Å². The fraction of sp³-hybridized carbons (Fsp3) is 0.419. The molecule has 0 radical (unpaired) electrons. The molecule has 2 heterocycles. The Hall–Kier alpha value is -3.42. The Labute approximate surface area is 225 Å². The number of hydrogen-bond acceptors (Lipinski definition) is 6. The number of aromatic nitrogens is 1. The Morgan fingerprint density at radius 3 is 2.58 bits per heavy atom. The van der Waals surface area contributed by atoms with Crippen LogP contribution in [0.1, 0.15) is 68.6 Å². The highest BCUT2D eigenvalue weighted by molar-refractivity contribution is 5.70. The van der Waals surface area contributed by atoms with Crippen LogP contribution in [-0.4, -0.2) is 45.8 Å². The van der Waals surface area contributed by atoms with Gasteiger partial charge >= 0.3 is 5.97 Å². The smallest absolute Gasteiger partial charge is 0.309 e. The average molecular weight is 519 g/mol. The summed E-state index contributed by atoms with van der Waals surface area (Å²) in [7, 11) is 1.62. The number of aliphatic carboxylic acids is 1. The lowest BCUT2D eigenvalue weighted by Crippen LogP contribution is -2.31. The van der Waals surface area contributed by atoms with Crippen molar-refractivity contribution >= 4 is 5.97 Å². The minimum atomic E-state index is -1.10. The van der Waals surface area contributed by atoms with Crippen LogP contribution in [0.5, 0.6) is 11.6 Å². The number of carboxylic acid groups (broad SMARTS) is 1. The molecule has 2 N–H and O–H groups in total. The van der Waals surface area contributed by atoms with Crippen LogP contribution in [0.2, 0.25) is 0 Å². The minimum absolute atomic E-state index is 0.145. The number of aliphatic hydroxyl groups excluding tert-OH is 1. The third kappa shape index (κ3) is 6.00. The summed E-state index contributed by atoms with van der Waals surface area (Å²) in [5.74, 6) is -0.654. The van der Waals surface area contributed by atoms with Crippen molar-refractivity contribution in [2.75, 3.05) is 13.7 Å². The second kappa shape index (κ2) is 12.0. The fourth-order valence-corrected chi connectivity index (χ4v) is 5.03. The van der Waals surface area contributed by atoms with Crippen molar-refractivity contribution < 1.29 is 24.5 Å². The van der Waals surface area contributed by atoms with E-state index >= 15 is 0 Å². The quantitative estimate of drug-likeness (QED) is 0.350. The highest BCUT2D eigenvalue weighted by atomic mass is 16.5. The van der Waals surface area contributed by atoms with Gasteiger partial charge in [-0.1, -0.05) is 31.2 Å². The first kappa shape index (κ1) is 27.6. The summed E-state index contributed by atoms with van der Waals surface area (Å²) in [4.78, 5) is 18.1. The number of methoxy groups -OCH3 is 1. The lowest BCUT2D eigenvalue weighted by atomic mass is 9.90. The van der Waals surface area contributed by atoms with Gasteiger partial charge in [-0.2, -0.15) is 0 Å². The predicted octanol–water partition coefficient (Wildman–Crippen LogP) is 5.81. The van der Waals surface area contributed by atoms with Crippen molar-refractivity contribution in [3.63, 3.8) is 0 Å². The predicted molar refractivity (Wildman–Crippen MR) is 147 cm³/mol. The van der Waals surface area contributed by atoms with Crippen molar-refractivity contribution in [3.05, 3.63) is 77.0 Å². The highest BCUT2D eigenvalue weighted by Gasteiger charge is 2.28. The third-order valence-electron chi connectivity index (χ3n) is 7.52. The van der Waals surface area contributed by atoms with Crippen LogP contribution in [0.4, 0.5) is 0 Å². The first-order valence-corrected chi connectivity index (χ1v) is 13.3. The molecule has 4 rings (SSSR count). The molecule has 0 saturated carbocycles. The van der Waals surface area contributed by atoms with E-state index in [-0.39, 0.29) is 6.10 Å². The van der Waals surface area contributed by atoms with Crippen LogP contribution in [0.15, 0.2) is 54.7 Å². The molecule has 38 heavy (non-hydrogen) atoms. The van der Waals surface area contributed by atoms with Crippen LogP contribution < -0.4 is 9.47 Å². The molecule has 1 aromatic heterocycles. The van der Waals surface area contributed by atoms with E-state index in [1.54, 1.807) is 25.4 Å². The van der Waals surface area contributed by atoms with Gasteiger partial charge in [-0.25, -0.2) is 4.98 Å². The molecule has 1 aliphatic rings. The molecule has 0 fully saturated rings. The Balaban J connectivity index is 1.69. The van der Waals surface area contributed by atoms with Gasteiger partial charge in [-0.05, 0) is 91.7 Å². The maximum atomic E-state index is 11.4. The van der Waals surface area contributed by atoms with Crippen molar-refractivity contribution in [1.82, 2.24) is 9.88 Å². The number of rotatable bonds is 10. The maximum Gasteiger partial charge on any atom is 0.309 e. The van der Waals surface area contributed by atoms with Gasteiger partial charge in [0.2, 0.25) is 5.88 Å². The van der Waals surface area contributed by atoms with Crippen molar-refractivity contribution in [3.8, 4) is 22.8 Å². The summed E-state index contributed by atoms with van der Waals surface area (Å²) in [5, 5.41) is 19.9. The number of fused-ring (bicyclic) bond motifs is 1. The number of hydrogen-bond donors (Lipinski definition) is 2. The molecule has 0 spiro atoms. The number of nitrogens with zero attached hydrogens (tertiary/aromatic N) is 2. The molecular formula is C31H38N2O5. The third-order valence-corrected chi connectivity index (χ3v) is 7.52. The summed E-state index contributed by atoms with van der Waals surface area (Å²) in [6.07, 6.45) is 2.19. The lowest BCUT2D eigenvalue weighted by molar-refractivity contribution is -0.145. The summed E-state index contributed by atoms with van der Waals surface area (Å²) < 4.78 is 11.9. The van der Waals surface area contributed by atoms with Crippen LogP contribution in [0, 0.1) is 5.92 Å². The molecule has 1 unspecified atom stereocenters. The van der Waals surface area contributed by atoms with Crippen LogP contribution in [-0.2, 0) is 17.8 Å². The van der Waals surface area contributed by atoms with Gasteiger partial charge in [0.15, 0.2) is 0 Å². The Kier molecular flexibility index (Phi) is 8.69.